The lowest BCUT2D eigenvalue weighted by Gasteiger charge is -2.39. The van der Waals surface area contributed by atoms with Gasteiger partial charge >= 0.3 is 0 Å². The van der Waals surface area contributed by atoms with Crippen LogP contribution in [0.2, 0.25) is 0 Å². The van der Waals surface area contributed by atoms with Crippen LogP contribution < -0.4 is 0 Å². The van der Waals surface area contributed by atoms with E-state index in [1.165, 1.54) is 30.4 Å². The highest BCUT2D eigenvalue weighted by atomic mass is 19.1. The van der Waals surface area contributed by atoms with E-state index in [1.807, 2.05) is 6.92 Å². The molecule has 3 aromatic rings. The van der Waals surface area contributed by atoms with Gasteiger partial charge in [-0.15, -0.1) is 0 Å². The number of aromatic nitrogens is 1. The zero-order chi connectivity index (χ0) is 22.7. The molecule has 1 aliphatic rings. The third kappa shape index (κ3) is 4.81. The summed E-state index contributed by atoms with van der Waals surface area (Å²) in [7, 11) is 0. The molecule has 0 saturated carbocycles. The van der Waals surface area contributed by atoms with E-state index >= 15 is 0 Å². The number of nitrogens with zero attached hydrogens (tertiary/aromatic N) is 4. The number of hydrogen-bond acceptors (Lipinski definition) is 5. The summed E-state index contributed by atoms with van der Waals surface area (Å²) in [6.07, 6.45) is 4.51. The molecule has 1 atom stereocenters. The van der Waals surface area contributed by atoms with Gasteiger partial charge in [0.05, 0.1) is 16.0 Å². The van der Waals surface area contributed by atoms with E-state index in [0.717, 1.165) is 5.56 Å². The molecule has 2 heterocycles. The molecular weight excluding hydrogens is 411 g/mol. The molecule has 2 aromatic carbocycles. The summed E-state index contributed by atoms with van der Waals surface area (Å²) >= 11 is 0. The molecule has 8 heteroatoms. The third-order valence-corrected chi connectivity index (χ3v) is 5.67. The minimum atomic E-state index is -0.451. The first kappa shape index (κ1) is 21.6. The summed E-state index contributed by atoms with van der Waals surface area (Å²) in [4.78, 5) is 32.1. The van der Waals surface area contributed by atoms with Gasteiger partial charge in [-0.05, 0) is 42.8 Å². The molecule has 7 nitrogen and oxygen atoms in total. The molecule has 0 spiro atoms. The van der Waals surface area contributed by atoms with Gasteiger partial charge in [0.1, 0.15) is 5.82 Å². The molecular formula is C24H23FN4O3. The van der Waals surface area contributed by atoms with Crippen LogP contribution >= 0.6 is 0 Å². The second kappa shape index (κ2) is 9.23. The van der Waals surface area contributed by atoms with Gasteiger partial charge in [0.15, 0.2) is 0 Å². The van der Waals surface area contributed by atoms with Crippen molar-refractivity contribution in [3.63, 3.8) is 0 Å². The Hall–Kier alpha value is -3.65. The van der Waals surface area contributed by atoms with E-state index < -0.39 is 4.92 Å². The molecule has 0 unspecified atom stereocenters. The second-order valence-electron chi connectivity index (χ2n) is 7.94. The van der Waals surface area contributed by atoms with Crippen LogP contribution in [-0.4, -0.2) is 51.3 Å². The number of amides is 1. The van der Waals surface area contributed by atoms with Crippen LogP contribution in [0.25, 0.3) is 17.0 Å². The summed E-state index contributed by atoms with van der Waals surface area (Å²) in [6, 6.07) is 13.0. The number of nitro benzene ring substituents is 1. The maximum atomic E-state index is 13.1. The van der Waals surface area contributed by atoms with Crippen LogP contribution in [0, 0.1) is 15.9 Å². The summed E-state index contributed by atoms with van der Waals surface area (Å²) in [5, 5.41) is 12.2. The Balaban J connectivity index is 1.44. The highest BCUT2D eigenvalue weighted by molar-refractivity contribution is 5.94. The first-order chi connectivity index (χ1) is 15.4. The molecule has 1 aromatic heterocycles. The quantitative estimate of drug-likeness (QED) is 0.344. The van der Waals surface area contributed by atoms with Crippen molar-refractivity contribution in [3.8, 4) is 0 Å². The smallest absolute Gasteiger partial charge is 0.277 e. The lowest BCUT2D eigenvalue weighted by molar-refractivity contribution is -0.384. The molecule has 4 rings (SSSR count). The van der Waals surface area contributed by atoms with E-state index in [4.69, 9.17) is 0 Å². The SMILES string of the molecule is C[C@@H]1CN(Cc2ccc(F)cc2)CCN1C(=O)/C=C/c1cc2ncccc2cc1[N+](=O)[O-]. The first-order valence-corrected chi connectivity index (χ1v) is 10.4. The molecule has 1 saturated heterocycles. The molecule has 1 amide bonds. The van der Waals surface area contributed by atoms with Crippen molar-refractivity contribution in [1.29, 1.82) is 0 Å². The Kier molecular flexibility index (Phi) is 6.23. The maximum Gasteiger partial charge on any atom is 0.277 e. The highest BCUT2D eigenvalue weighted by Crippen LogP contribution is 2.26. The number of piperazine rings is 1. The second-order valence-corrected chi connectivity index (χ2v) is 7.94. The van der Waals surface area contributed by atoms with Gasteiger partial charge in [0.2, 0.25) is 5.91 Å². The Labute approximate surface area is 184 Å². The van der Waals surface area contributed by atoms with Crippen molar-refractivity contribution >= 4 is 28.6 Å². The van der Waals surface area contributed by atoms with Crippen LogP contribution in [0.4, 0.5) is 10.1 Å². The normalized spacial score (nSPS) is 17.2. The average molecular weight is 434 g/mol. The predicted molar refractivity (Wildman–Crippen MR) is 120 cm³/mol. The molecule has 1 fully saturated rings. The molecule has 32 heavy (non-hydrogen) atoms. The van der Waals surface area contributed by atoms with Crippen molar-refractivity contribution in [3.05, 3.63) is 87.9 Å². The number of fused-ring (bicyclic) bond motifs is 1. The minimum Gasteiger partial charge on any atom is -0.334 e. The Bertz CT molecular complexity index is 1180. The summed E-state index contributed by atoms with van der Waals surface area (Å²) in [5.41, 5.74) is 1.94. The van der Waals surface area contributed by atoms with Crippen LogP contribution in [0.3, 0.4) is 0 Å². The number of rotatable bonds is 5. The maximum absolute atomic E-state index is 13.1. The van der Waals surface area contributed by atoms with Crippen molar-refractivity contribution in [1.82, 2.24) is 14.8 Å². The number of carbonyl (C=O) groups excluding carboxylic acids is 1. The summed E-state index contributed by atoms with van der Waals surface area (Å²) in [6.45, 7) is 4.61. The van der Waals surface area contributed by atoms with Gasteiger partial charge in [0.25, 0.3) is 5.69 Å². The summed E-state index contributed by atoms with van der Waals surface area (Å²) in [5.74, 6) is -0.443. The van der Waals surface area contributed by atoms with Gasteiger partial charge in [-0.3, -0.25) is 24.8 Å². The van der Waals surface area contributed by atoms with Gasteiger partial charge in [-0.2, -0.15) is 0 Å². The monoisotopic (exact) mass is 434 g/mol. The third-order valence-electron chi connectivity index (χ3n) is 5.67. The van der Waals surface area contributed by atoms with Gasteiger partial charge in [0, 0.05) is 55.9 Å². The molecule has 0 N–H and O–H groups in total. The lowest BCUT2D eigenvalue weighted by Crippen LogP contribution is -2.53. The number of hydrogen-bond donors (Lipinski definition) is 0. The molecule has 0 radical (unpaired) electrons. The lowest BCUT2D eigenvalue weighted by atomic mass is 10.1. The van der Waals surface area contributed by atoms with Crippen molar-refractivity contribution in [2.45, 2.75) is 19.5 Å². The van der Waals surface area contributed by atoms with E-state index in [1.54, 1.807) is 41.4 Å². The molecule has 0 bridgehead atoms. The molecule has 0 aliphatic carbocycles. The Morgan fingerprint density at radius 3 is 2.75 bits per heavy atom. The fraction of sp³-hybridized carbons (Fsp3) is 0.250. The van der Waals surface area contributed by atoms with Crippen molar-refractivity contribution < 1.29 is 14.1 Å². The van der Waals surface area contributed by atoms with E-state index in [-0.39, 0.29) is 23.5 Å². The number of halogens is 1. The number of pyridine rings is 1. The highest BCUT2D eigenvalue weighted by Gasteiger charge is 2.26. The summed E-state index contributed by atoms with van der Waals surface area (Å²) < 4.78 is 13.1. The topological polar surface area (TPSA) is 79.6 Å². The number of nitro groups is 1. The van der Waals surface area contributed by atoms with E-state index in [2.05, 4.69) is 9.88 Å². The average Bonchev–Trinajstić information content (AvgIpc) is 2.78. The van der Waals surface area contributed by atoms with Gasteiger partial charge < -0.3 is 4.90 Å². The number of benzene rings is 2. The fourth-order valence-electron chi connectivity index (χ4n) is 4.02. The predicted octanol–water partition coefficient (Wildman–Crippen LogP) is 4.03. The van der Waals surface area contributed by atoms with Crippen LogP contribution in [-0.2, 0) is 11.3 Å². The van der Waals surface area contributed by atoms with Gasteiger partial charge in [-0.25, -0.2) is 4.39 Å². The zero-order valence-corrected chi connectivity index (χ0v) is 17.6. The van der Waals surface area contributed by atoms with Gasteiger partial charge in [-0.1, -0.05) is 18.2 Å². The van der Waals surface area contributed by atoms with Crippen LogP contribution in [0.1, 0.15) is 18.1 Å². The minimum absolute atomic E-state index is 0.0189. The van der Waals surface area contributed by atoms with Crippen LogP contribution in [0.15, 0.2) is 60.8 Å². The van der Waals surface area contributed by atoms with Crippen molar-refractivity contribution in [2.75, 3.05) is 19.6 Å². The fourth-order valence-corrected chi connectivity index (χ4v) is 4.02. The largest absolute Gasteiger partial charge is 0.334 e. The van der Waals surface area contributed by atoms with E-state index in [9.17, 15) is 19.3 Å². The Morgan fingerprint density at radius 1 is 1.25 bits per heavy atom. The van der Waals surface area contributed by atoms with Crippen LogP contribution in [0.5, 0.6) is 0 Å². The van der Waals surface area contributed by atoms with E-state index in [0.29, 0.717) is 42.6 Å². The first-order valence-electron chi connectivity index (χ1n) is 10.4. The van der Waals surface area contributed by atoms with Crippen molar-refractivity contribution in [2.24, 2.45) is 0 Å². The molecule has 164 valence electrons. The molecule has 1 aliphatic heterocycles. The number of carbonyl (C=O) groups is 1. The Morgan fingerprint density at radius 2 is 2.03 bits per heavy atom. The zero-order valence-electron chi connectivity index (χ0n) is 17.6. The standard InChI is InChI=1S/C24H23FN4O3/c1-17-15-27(16-18-4-7-21(25)8-5-18)11-12-28(17)24(30)9-6-20-13-22-19(3-2-10-26-22)14-23(20)29(31)32/h2-10,13-14,17H,11-12,15-16H2,1H3/b9-6+/t17-/m1/s1.